The number of halogens is 1. The third-order valence-corrected chi connectivity index (χ3v) is 3.97. The topological polar surface area (TPSA) is 21.3 Å². The number of fused-ring (bicyclic) bond motifs is 2. The van der Waals surface area contributed by atoms with Crippen molar-refractivity contribution in [1.29, 1.82) is 0 Å². The molecule has 0 radical (unpaired) electrons. The van der Waals surface area contributed by atoms with Gasteiger partial charge in [-0.2, -0.15) is 0 Å². The third kappa shape index (κ3) is 1.53. The molecule has 1 N–H and O–H groups in total. The van der Waals surface area contributed by atoms with E-state index in [0.717, 1.165) is 37.0 Å². The van der Waals surface area contributed by atoms with Crippen LogP contribution < -0.4 is 5.32 Å². The molecule has 0 saturated carbocycles. The Morgan fingerprint density at radius 2 is 2.07 bits per heavy atom. The standard InChI is InChI=1S/C12H14BrNO/c13-10-2-1-9-8-15-12(11(9)7-10)3-5-14-6-4-12/h1-2,7,14H,3-6,8H2. The molecule has 0 bridgehead atoms. The van der Waals surface area contributed by atoms with Gasteiger partial charge in [0, 0.05) is 4.47 Å². The van der Waals surface area contributed by atoms with Crippen molar-refractivity contribution in [2.75, 3.05) is 13.1 Å². The molecule has 2 nitrogen and oxygen atoms in total. The number of hydrogen-bond acceptors (Lipinski definition) is 2. The molecular weight excluding hydrogens is 254 g/mol. The number of nitrogens with one attached hydrogen (secondary N) is 1. The van der Waals surface area contributed by atoms with E-state index in [-0.39, 0.29) is 5.60 Å². The number of rotatable bonds is 0. The average Bonchev–Trinajstić information content (AvgIpc) is 2.59. The van der Waals surface area contributed by atoms with Gasteiger partial charge in [0.15, 0.2) is 0 Å². The van der Waals surface area contributed by atoms with Gasteiger partial charge in [0.1, 0.15) is 0 Å². The van der Waals surface area contributed by atoms with Crippen LogP contribution in [-0.2, 0) is 16.9 Å². The Kier molecular flexibility index (Phi) is 2.34. The second kappa shape index (κ2) is 3.58. The molecule has 0 aromatic heterocycles. The molecule has 1 aromatic carbocycles. The number of hydrogen-bond donors (Lipinski definition) is 1. The van der Waals surface area contributed by atoms with E-state index in [1.807, 2.05) is 0 Å². The summed E-state index contributed by atoms with van der Waals surface area (Å²) in [4.78, 5) is 0. The lowest BCUT2D eigenvalue weighted by molar-refractivity contribution is -0.0590. The van der Waals surface area contributed by atoms with Crippen LogP contribution in [0.2, 0.25) is 0 Å². The summed E-state index contributed by atoms with van der Waals surface area (Å²) in [5.74, 6) is 0. The molecule has 0 unspecified atom stereocenters. The van der Waals surface area contributed by atoms with Gasteiger partial charge in [-0.05, 0) is 49.2 Å². The lowest BCUT2D eigenvalue weighted by atomic mass is 9.84. The first-order chi connectivity index (χ1) is 7.30. The van der Waals surface area contributed by atoms with Gasteiger partial charge in [-0.1, -0.05) is 22.0 Å². The molecule has 2 aliphatic heterocycles. The molecule has 1 fully saturated rings. The predicted molar refractivity (Wildman–Crippen MR) is 62.7 cm³/mol. The van der Waals surface area contributed by atoms with Crippen LogP contribution in [0.4, 0.5) is 0 Å². The molecule has 0 aliphatic carbocycles. The monoisotopic (exact) mass is 267 g/mol. The molecule has 3 rings (SSSR count). The smallest absolute Gasteiger partial charge is 0.0963 e. The summed E-state index contributed by atoms with van der Waals surface area (Å²) in [6, 6.07) is 6.51. The molecule has 0 amide bonds. The summed E-state index contributed by atoms with van der Waals surface area (Å²) in [7, 11) is 0. The van der Waals surface area contributed by atoms with Crippen LogP contribution in [0, 0.1) is 0 Å². The molecule has 2 aliphatic rings. The zero-order valence-electron chi connectivity index (χ0n) is 8.55. The Morgan fingerprint density at radius 1 is 1.27 bits per heavy atom. The van der Waals surface area contributed by atoms with E-state index < -0.39 is 0 Å². The highest BCUT2D eigenvalue weighted by atomic mass is 79.9. The number of ether oxygens (including phenoxy) is 1. The predicted octanol–water partition coefficient (Wildman–Crippen LogP) is 2.56. The van der Waals surface area contributed by atoms with Crippen molar-refractivity contribution in [3.63, 3.8) is 0 Å². The van der Waals surface area contributed by atoms with E-state index in [1.54, 1.807) is 0 Å². The number of benzene rings is 1. The Labute approximate surface area is 98.1 Å². The van der Waals surface area contributed by atoms with Gasteiger partial charge in [0.2, 0.25) is 0 Å². The molecule has 80 valence electrons. The highest BCUT2D eigenvalue weighted by Crippen LogP contribution is 2.43. The van der Waals surface area contributed by atoms with Crippen LogP contribution in [-0.4, -0.2) is 13.1 Å². The molecule has 2 heterocycles. The zero-order chi connectivity index (χ0) is 10.3. The molecular formula is C12H14BrNO. The SMILES string of the molecule is Brc1ccc2c(c1)C1(CCNCC1)OC2. The maximum Gasteiger partial charge on any atom is 0.0963 e. The minimum Gasteiger partial charge on any atom is -0.365 e. The van der Waals surface area contributed by atoms with Gasteiger partial charge in [-0.3, -0.25) is 0 Å². The fourth-order valence-corrected chi connectivity index (χ4v) is 3.00. The maximum atomic E-state index is 6.05. The van der Waals surface area contributed by atoms with Crippen molar-refractivity contribution in [3.05, 3.63) is 33.8 Å². The van der Waals surface area contributed by atoms with E-state index in [1.165, 1.54) is 11.1 Å². The molecule has 1 spiro atoms. The fourth-order valence-electron chi connectivity index (χ4n) is 2.64. The first-order valence-electron chi connectivity index (χ1n) is 5.44. The maximum absolute atomic E-state index is 6.05. The molecule has 3 heteroatoms. The van der Waals surface area contributed by atoms with E-state index in [9.17, 15) is 0 Å². The Hall–Kier alpha value is -0.380. The van der Waals surface area contributed by atoms with E-state index in [2.05, 4.69) is 39.4 Å². The fraction of sp³-hybridized carbons (Fsp3) is 0.500. The lowest BCUT2D eigenvalue weighted by Gasteiger charge is -2.34. The van der Waals surface area contributed by atoms with Crippen molar-refractivity contribution in [2.24, 2.45) is 0 Å². The van der Waals surface area contributed by atoms with Gasteiger partial charge < -0.3 is 10.1 Å². The Balaban J connectivity index is 2.05. The van der Waals surface area contributed by atoms with E-state index in [0.29, 0.717) is 0 Å². The summed E-state index contributed by atoms with van der Waals surface area (Å²) < 4.78 is 7.20. The number of piperidine rings is 1. The quantitative estimate of drug-likeness (QED) is 0.780. The highest BCUT2D eigenvalue weighted by Gasteiger charge is 2.40. The van der Waals surface area contributed by atoms with E-state index in [4.69, 9.17) is 4.74 Å². The van der Waals surface area contributed by atoms with Crippen LogP contribution in [0.15, 0.2) is 22.7 Å². The van der Waals surface area contributed by atoms with Crippen LogP contribution in [0.5, 0.6) is 0 Å². The van der Waals surface area contributed by atoms with Crippen LogP contribution in [0.3, 0.4) is 0 Å². The zero-order valence-corrected chi connectivity index (χ0v) is 10.1. The van der Waals surface area contributed by atoms with E-state index >= 15 is 0 Å². The average molecular weight is 268 g/mol. The van der Waals surface area contributed by atoms with Crippen molar-refractivity contribution >= 4 is 15.9 Å². The summed E-state index contributed by atoms with van der Waals surface area (Å²) >= 11 is 3.54. The second-order valence-corrected chi connectivity index (χ2v) is 5.25. The summed E-state index contributed by atoms with van der Waals surface area (Å²) in [6.45, 7) is 2.90. The molecule has 15 heavy (non-hydrogen) atoms. The van der Waals surface area contributed by atoms with Crippen molar-refractivity contribution < 1.29 is 4.74 Å². The largest absolute Gasteiger partial charge is 0.365 e. The van der Waals surface area contributed by atoms with Crippen molar-refractivity contribution in [2.45, 2.75) is 25.0 Å². The van der Waals surface area contributed by atoms with Gasteiger partial charge >= 0.3 is 0 Å². The first-order valence-corrected chi connectivity index (χ1v) is 6.23. The molecule has 1 saturated heterocycles. The summed E-state index contributed by atoms with van der Waals surface area (Å²) in [5.41, 5.74) is 2.77. The van der Waals surface area contributed by atoms with Crippen LogP contribution in [0.1, 0.15) is 24.0 Å². The van der Waals surface area contributed by atoms with Gasteiger partial charge in [0.25, 0.3) is 0 Å². The first kappa shape index (κ1) is 9.82. The Bertz CT molecular complexity index is 380. The normalized spacial score (nSPS) is 23.0. The van der Waals surface area contributed by atoms with Gasteiger partial charge in [-0.15, -0.1) is 0 Å². The van der Waals surface area contributed by atoms with Gasteiger partial charge in [0.05, 0.1) is 12.2 Å². The minimum atomic E-state index is 0.00433. The summed E-state index contributed by atoms with van der Waals surface area (Å²) in [6.07, 6.45) is 2.19. The molecule has 1 aromatic rings. The van der Waals surface area contributed by atoms with Crippen molar-refractivity contribution in [1.82, 2.24) is 5.32 Å². The van der Waals surface area contributed by atoms with Crippen LogP contribution in [0.25, 0.3) is 0 Å². The van der Waals surface area contributed by atoms with Gasteiger partial charge in [-0.25, -0.2) is 0 Å². The minimum absolute atomic E-state index is 0.00433. The van der Waals surface area contributed by atoms with Crippen LogP contribution >= 0.6 is 15.9 Å². The second-order valence-electron chi connectivity index (χ2n) is 4.33. The third-order valence-electron chi connectivity index (χ3n) is 3.48. The van der Waals surface area contributed by atoms with Crippen molar-refractivity contribution in [3.8, 4) is 0 Å². The Morgan fingerprint density at radius 3 is 2.87 bits per heavy atom. The lowest BCUT2D eigenvalue weighted by Crippen LogP contribution is -2.39. The molecule has 0 atom stereocenters. The summed E-state index contributed by atoms with van der Waals surface area (Å²) in [5, 5.41) is 3.39. The highest BCUT2D eigenvalue weighted by molar-refractivity contribution is 9.10.